The normalized spacial score (nSPS) is 11.0. The second-order valence-electron chi connectivity index (χ2n) is 6.43. The van der Waals surface area contributed by atoms with E-state index in [-0.39, 0.29) is 11.5 Å². The Hall–Kier alpha value is -2.77. The molecule has 0 N–H and O–H groups in total. The van der Waals surface area contributed by atoms with Crippen LogP contribution in [0, 0.1) is 0 Å². The number of carbonyl (C=O) groups is 1. The maximum Gasteiger partial charge on any atom is 0.338 e. The first kappa shape index (κ1) is 19.5. The van der Waals surface area contributed by atoms with Gasteiger partial charge in [-0.05, 0) is 42.3 Å². The summed E-state index contributed by atoms with van der Waals surface area (Å²) in [6.07, 6.45) is 1.56. The second kappa shape index (κ2) is 8.31. The summed E-state index contributed by atoms with van der Waals surface area (Å²) in [6, 6.07) is 15.0. The largest absolute Gasteiger partial charge is 0.462 e. The Morgan fingerprint density at radius 2 is 2.00 bits per heavy atom. The van der Waals surface area contributed by atoms with Crippen molar-refractivity contribution >= 4 is 43.5 Å². The van der Waals surface area contributed by atoms with Crippen LogP contribution in [0.4, 0.5) is 0 Å². The molecule has 4 aromatic rings. The van der Waals surface area contributed by atoms with Gasteiger partial charge >= 0.3 is 5.97 Å². The van der Waals surface area contributed by atoms with Crippen LogP contribution in [-0.2, 0) is 11.3 Å². The maximum absolute atomic E-state index is 13.2. The molecule has 2 aromatic carbocycles. The third-order valence-electron chi connectivity index (χ3n) is 4.51. The van der Waals surface area contributed by atoms with Crippen molar-refractivity contribution < 1.29 is 9.53 Å². The van der Waals surface area contributed by atoms with Crippen LogP contribution in [-0.4, -0.2) is 22.1 Å². The van der Waals surface area contributed by atoms with Crippen molar-refractivity contribution in [1.82, 2.24) is 9.55 Å². The van der Waals surface area contributed by atoms with E-state index in [9.17, 15) is 9.59 Å². The summed E-state index contributed by atoms with van der Waals surface area (Å²) in [5, 5.41) is 2.58. The van der Waals surface area contributed by atoms with Crippen LogP contribution in [0.1, 0.15) is 22.8 Å². The van der Waals surface area contributed by atoms with Crippen molar-refractivity contribution in [2.24, 2.45) is 0 Å². The first-order valence-corrected chi connectivity index (χ1v) is 10.7. The molecular formula is C22H17BrN2O3S. The van der Waals surface area contributed by atoms with Crippen molar-refractivity contribution in [1.29, 1.82) is 0 Å². The monoisotopic (exact) mass is 468 g/mol. The number of nitrogens with zero attached hydrogens (tertiary/aromatic N) is 2. The molecule has 0 fully saturated rings. The van der Waals surface area contributed by atoms with Crippen molar-refractivity contribution in [2.45, 2.75) is 13.5 Å². The van der Waals surface area contributed by atoms with Gasteiger partial charge in [0.05, 0.1) is 30.4 Å². The molecule has 2 aromatic heterocycles. The minimum absolute atomic E-state index is 0.101. The van der Waals surface area contributed by atoms with Crippen LogP contribution in [0.2, 0.25) is 0 Å². The number of rotatable bonds is 5. The SMILES string of the molecule is CCOC(=O)c1cccc(Cn2cnc3scc(-c4ccc(Br)cc4)c3c2=O)c1. The molecule has 4 rings (SSSR count). The highest BCUT2D eigenvalue weighted by Crippen LogP contribution is 2.31. The van der Waals surface area contributed by atoms with E-state index < -0.39 is 0 Å². The van der Waals surface area contributed by atoms with Crippen molar-refractivity contribution in [3.63, 3.8) is 0 Å². The number of hydrogen-bond acceptors (Lipinski definition) is 5. The Kier molecular flexibility index (Phi) is 5.60. The number of benzene rings is 2. The lowest BCUT2D eigenvalue weighted by atomic mass is 10.1. The van der Waals surface area contributed by atoms with Gasteiger partial charge in [0.2, 0.25) is 0 Å². The van der Waals surface area contributed by atoms with Crippen molar-refractivity contribution in [3.05, 3.63) is 86.2 Å². The highest BCUT2D eigenvalue weighted by molar-refractivity contribution is 9.10. The van der Waals surface area contributed by atoms with Crippen LogP contribution < -0.4 is 5.56 Å². The van der Waals surface area contributed by atoms with Gasteiger partial charge in [-0.25, -0.2) is 9.78 Å². The fourth-order valence-corrected chi connectivity index (χ4v) is 4.30. The standard InChI is InChI=1S/C22H17BrN2O3S/c1-2-28-22(27)16-5-3-4-14(10-16)11-25-13-24-20-19(21(25)26)18(12-29-20)15-6-8-17(23)9-7-15/h3-10,12-13H,2,11H2,1H3. The van der Waals surface area contributed by atoms with Crippen molar-refractivity contribution in [2.75, 3.05) is 6.61 Å². The van der Waals surface area contributed by atoms with Crippen LogP contribution in [0.5, 0.6) is 0 Å². The highest BCUT2D eigenvalue weighted by atomic mass is 79.9. The number of thiophene rings is 1. The third-order valence-corrected chi connectivity index (χ3v) is 5.92. The third kappa shape index (κ3) is 4.02. The van der Waals surface area contributed by atoms with Gasteiger partial charge in [-0.1, -0.05) is 40.2 Å². The molecule has 7 heteroatoms. The Balaban J connectivity index is 1.72. The minimum atomic E-state index is -0.370. The fourth-order valence-electron chi connectivity index (χ4n) is 3.13. The summed E-state index contributed by atoms with van der Waals surface area (Å²) in [7, 11) is 0. The van der Waals surface area contributed by atoms with Crippen LogP contribution in [0.25, 0.3) is 21.3 Å². The predicted octanol–water partition coefficient (Wildman–Crippen LogP) is 5.11. The Morgan fingerprint density at radius 3 is 2.76 bits per heavy atom. The highest BCUT2D eigenvalue weighted by Gasteiger charge is 2.14. The molecule has 0 saturated carbocycles. The van der Waals surface area contributed by atoms with Gasteiger partial charge in [0.15, 0.2) is 0 Å². The number of carbonyl (C=O) groups excluding carboxylic acids is 1. The van der Waals surface area contributed by atoms with Gasteiger partial charge in [-0.3, -0.25) is 9.36 Å². The molecule has 0 bridgehead atoms. The molecule has 0 saturated heterocycles. The molecule has 5 nitrogen and oxygen atoms in total. The Labute approximate surface area is 179 Å². The summed E-state index contributed by atoms with van der Waals surface area (Å²) >= 11 is 4.90. The summed E-state index contributed by atoms with van der Waals surface area (Å²) in [4.78, 5) is 30.4. The molecule has 0 aliphatic rings. The van der Waals surface area contributed by atoms with E-state index in [4.69, 9.17) is 4.74 Å². The minimum Gasteiger partial charge on any atom is -0.462 e. The lowest BCUT2D eigenvalue weighted by molar-refractivity contribution is 0.0526. The zero-order valence-electron chi connectivity index (χ0n) is 15.6. The zero-order valence-corrected chi connectivity index (χ0v) is 18.0. The number of hydrogen-bond donors (Lipinski definition) is 0. The van der Waals surface area contributed by atoms with E-state index in [1.807, 2.05) is 35.7 Å². The van der Waals surface area contributed by atoms with Gasteiger partial charge in [-0.15, -0.1) is 11.3 Å². The molecule has 0 atom stereocenters. The number of aromatic nitrogens is 2. The summed E-state index contributed by atoms with van der Waals surface area (Å²) in [6.45, 7) is 2.41. The molecule has 0 radical (unpaired) electrons. The Bertz CT molecular complexity index is 1250. The fraction of sp³-hybridized carbons (Fsp3) is 0.136. The smallest absolute Gasteiger partial charge is 0.338 e. The lowest BCUT2D eigenvalue weighted by Gasteiger charge is -2.08. The van der Waals surface area contributed by atoms with Gasteiger partial charge < -0.3 is 4.74 Å². The molecule has 0 spiro atoms. The predicted molar refractivity (Wildman–Crippen MR) is 119 cm³/mol. The molecule has 0 amide bonds. The first-order valence-electron chi connectivity index (χ1n) is 9.05. The van der Waals surface area contributed by atoms with E-state index in [0.29, 0.717) is 28.9 Å². The molecule has 0 unspecified atom stereocenters. The van der Waals surface area contributed by atoms with E-state index in [2.05, 4.69) is 20.9 Å². The number of esters is 1. The molecule has 29 heavy (non-hydrogen) atoms. The van der Waals surface area contributed by atoms with Crippen LogP contribution in [0.3, 0.4) is 0 Å². The van der Waals surface area contributed by atoms with E-state index in [1.54, 1.807) is 36.0 Å². The summed E-state index contributed by atoms with van der Waals surface area (Å²) in [5.41, 5.74) is 3.05. The molecule has 0 aliphatic carbocycles. The number of ether oxygens (including phenoxy) is 1. The molecule has 146 valence electrons. The van der Waals surface area contributed by atoms with Crippen LogP contribution >= 0.6 is 27.3 Å². The zero-order chi connectivity index (χ0) is 20.4. The molecule has 2 heterocycles. The van der Waals surface area contributed by atoms with Gasteiger partial charge in [0.1, 0.15) is 4.83 Å². The average Bonchev–Trinajstić information content (AvgIpc) is 3.16. The summed E-state index contributed by atoms with van der Waals surface area (Å²) in [5.74, 6) is -0.370. The van der Waals surface area contributed by atoms with E-state index in [1.165, 1.54) is 11.3 Å². The average molecular weight is 469 g/mol. The van der Waals surface area contributed by atoms with E-state index in [0.717, 1.165) is 21.2 Å². The van der Waals surface area contributed by atoms with Crippen LogP contribution in [0.15, 0.2) is 69.5 Å². The van der Waals surface area contributed by atoms with E-state index >= 15 is 0 Å². The molecular weight excluding hydrogens is 452 g/mol. The lowest BCUT2D eigenvalue weighted by Crippen LogP contribution is -2.21. The maximum atomic E-state index is 13.2. The van der Waals surface area contributed by atoms with Gasteiger partial charge in [-0.2, -0.15) is 0 Å². The second-order valence-corrected chi connectivity index (χ2v) is 8.21. The quantitative estimate of drug-likeness (QED) is 0.381. The summed E-state index contributed by atoms with van der Waals surface area (Å²) < 4.78 is 7.61. The topological polar surface area (TPSA) is 61.2 Å². The number of halogens is 1. The molecule has 0 aliphatic heterocycles. The van der Waals surface area contributed by atoms with Gasteiger partial charge in [0.25, 0.3) is 5.56 Å². The first-order chi connectivity index (χ1) is 14.1. The van der Waals surface area contributed by atoms with Gasteiger partial charge in [0, 0.05) is 15.4 Å². The number of fused-ring (bicyclic) bond motifs is 1. The van der Waals surface area contributed by atoms with Crippen molar-refractivity contribution in [3.8, 4) is 11.1 Å². The Morgan fingerprint density at radius 1 is 1.21 bits per heavy atom.